The zero-order valence-corrected chi connectivity index (χ0v) is 29.3. The van der Waals surface area contributed by atoms with Crippen molar-refractivity contribution in [2.75, 3.05) is 50.1 Å². The van der Waals surface area contributed by atoms with Crippen molar-refractivity contribution in [2.45, 2.75) is 10.9 Å². The lowest BCUT2D eigenvalue weighted by molar-refractivity contribution is -0.122. The highest BCUT2D eigenvalue weighted by molar-refractivity contribution is 7.98. The Labute approximate surface area is 301 Å². The van der Waals surface area contributed by atoms with Gasteiger partial charge in [0.15, 0.2) is 5.78 Å². The molecule has 254 valence electrons. The van der Waals surface area contributed by atoms with Crippen LogP contribution >= 0.6 is 23.4 Å². The minimum atomic E-state index is -0.595. The monoisotopic (exact) mass is 704 g/mol. The number of ketones is 1. The lowest BCUT2D eigenvalue weighted by Gasteiger charge is -2.37. The van der Waals surface area contributed by atoms with Crippen LogP contribution in [0.3, 0.4) is 0 Å². The molecule has 1 atom stereocenters. The molecular weight excluding hydrogens is 668 g/mol. The molecule has 0 aliphatic carbocycles. The van der Waals surface area contributed by atoms with Crippen LogP contribution in [0.2, 0.25) is 5.02 Å². The Balaban J connectivity index is 1.23. The van der Waals surface area contributed by atoms with Gasteiger partial charge in [0.25, 0.3) is 0 Å². The number of carbonyl (C=O) groups excluding carboxylic acids is 3. The van der Waals surface area contributed by atoms with Gasteiger partial charge in [-0.2, -0.15) is 0 Å². The number of likely N-dealkylation sites (N-methyl/N-ethyl adjacent to an activating group) is 1. The number of furan rings is 1. The summed E-state index contributed by atoms with van der Waals surface area (Å²) >= 11 is 7.85. The predicted octanol–water partition coefficient (Wildman–Crippen LogP) is 8.13. The number of halogens is 1. The summed E-state index contributed by atoms with van der Waals surface area (Å²) in [6, 6.07) is 32.1. The number of amides is 2. The molecule has 1 aliphatic rings. The van der Waals surface area contributed by atoms with Gasteiger partial charge in [0, 0.05) is 64.6 Å². The molecule has 4 aromatic carbocycles. The second-order valence-corrected chi connectivity index (χ2v) is 13.3. The van der Waals surface area contributed by atoms with Gasteiger partial charge in [-0.05, 0) is 79.5 Å². The van der Waals surface area contributed by atoms with Crippen molar-refractivity contribution in [3.05, 3.63) is 143 Å². The third-order valence-corrected chi connectivity index (χ3v) is 9.56. The third-order valence-electron chi connectivity index (χ3n) is 8.56. The van der Waals surface area contributed by atoms with Crippen molar-refractivity contribution in [2.24, 2.45) is 0 Å². The Morgan fingerprint density at radius 2 is 1.56 bits per heavy atom. The molecule has 0 radical (unpaired) electrons. The van der Waals surface area contributed by atoms with Crippen LogP contribution in [0.15, 0.2) is 125 Å². The Hall–Kier alpha value is -4.93. The maximum atomic E-state index is 14.1. The van der Waals surface area contributed by atoms with E-state index in [0.29, 0.717) is 46.6 Å². The Bertz CT molecular complexity index is 1990. The molecule has 0 saturated carbocycles. The molecule has 1 saturated heterocycles. The lowest BCUT2D eigenvalue weighted by atomic mass is 9.99. The number of nitrogens with one attached hydrogen (secondary N) is 2. The average molecular weight is 705 g/mol. The van der Waals surface area contributed by atoms with E-state index in [1.54, 1.807) is 78.5 Å². The molecule has 0 bridgehead atoms. The fourth-order valence-electron chi connectivity index (χ4n) is 5.81. The first-order valence-corrected chi connectivity index (χ1v) is 17.8. The van der Waals surface area contributed by atoms with Gasteiger partial charge in [-0.1, -0.05) is 66.2 Å². The molecule has 8 nitrogen and oxygen atoms in total. The molecule has 2 amide bonds. The first kappa shape index (κ1) is 34.9. The molecule has 1 aliphatic heterocycles. The number of anilines is 2. The van der Waals surface area contributed by atoms with E-state index in [1.165, 1.54) is 6.08 Å². The van der Waals surface area contributed by atoms with E-state index in [0.717, 1.165) is 29.1 Å². The summed E-state index contributed by atoms with van der Waals surface area (Å²) in [5, 5.41) is 6.47. The lowest BCUT2D eigenvalue weighted by Crippen LogP contribution is -2.48. The molecule has 6 rings (SSSR count). The fraction of sp³-hybridized carbons (Fsp3) is 0.175. The van der Waals surface area contributed by atoms with Gasteiger partial charge in [-0.3, -0.25) is 19.3 Å². The summed E-state index contributed by atoms with van der Waals surface area (Å²) < 4.78 is 5.93. The van der Waals surface area contributed by atoms with E-state index >= 15 is 0 Å². The number of piperazine rings is 1. The van der Waals surface area contributed by atoms with Crippen LogP contribution in [-0.2, 0) is 9.59 Å². The highest BCUT2D eigenvalue weighted by atomic mass is 35.5. The first-order chi connectivity index (χ1) is 24.3. The van der Waals surface area contributed by atoms with Gasteiger partial charge in [0.05, 0.1) is 5.69 Å². The molecule has 0 spiro atoms. The number of thioether (sulfide) groups is 1. The molecule has 1 unspecified atom stereocenters. The summed E-state index contributed by atoms with van der Waals surface area (Å²) in [4.78, 5) is 46.5. The number of carbonyl (C=O) groups is 3. The fourth-order valence-corrected chi connectivity index (χ4v) is 6.35. The molecule has 50 heavy (non-hydrogen) atoms. The molecule has 2 heterocycles. The Kier molecular flexibility index (Phi) is 11.3. The molecule has 1 fully saturated rings. The molecular formula is C40H37ClN4O4S. The van der Waals surface area contributed by atoms with E-state index in [4.69, 9.17) is 16.0 Å². The maximum absolute atomic E-state index is 14.1. The summed E-state index contributed by atoms with van der Waals surface area (Å²) in [5.41, 5.74) is 3.20. The Morgan fingerprint density at radius 1 is 0.840 bits per heavy atom. The topological polar surface area (TPSA) is 94.9 Å². The van der Waals surface area contributed by atoms with Crippen LogP contribution in [0.4, 0.5) is 11.4 Å². The second-order valence-electron chi connectivity index (χ2n) is 12.0. The summed E-state index contributed by atoms with van der Waals surface area (Å²) in [6.07, 6.45) is 4.99. The summed E-state index contributed by atoms with van der Waals surface area (Å²) in [6.45, 7) is 3.06. The first-order valence-electron chi connectivity index (χ1n) is 16.2. The van der Waals surface area contributed by atoms with Crippen molar-refractivity contribution in [3.8, 4) is 11.3 Å². The molecule has 2 N–H and O–H groups in total. The van der Waals surface area contributed by atoms with Gasteiger partial charge < -0.3 is 20.0 Å². The number of hydrogen-bond donors (Lipinski definition) is 2. The van der Waals surface area contributed by atoms with Crippen molar-refractivity contribution in [3.63, 3.8) is 0 Å². The third kappa shape index (κ3) is 8.61. The molecule has 10 heteroatoms. The van der Waals surface area contributed by atoms with Crippen LogP contribution in [0.5, 0.6) is 0 Å². The van der Waals surface area contributed by atoms with Crippen molar-refractivity contribution >= 4 is 58.4 Å². The number of rotatable bonds is 11. The molecule has 5 aromatic rings. The van der Waals surface area contributed by atoms with E-state index in [-0.39, 0.29) is 17.3 Å². The highest BCUT2D eigenvalue weighted by Crippen LogP contribution is 2.30. The average Bonchev–Trinajstić information content (AvgIpc) is 3.62. The second kappa shape index (κ2) is 16.2. The van der Waals surface area contributed by atoms with Gasteiger partial charge in [0.1, 0.15) is 17.6 Å². The van der Waals surface area contributed by atoms with E-state index in [2.05, 4.69) is 27.5 Å². The summed E-state index contributed by atoms with van der Waals surface area (Å²) in [5.74, 6) is 0.267. The van der Waals surface area contributed by atoms with Crippen LogP contribution in [0.25, 0.3) is 17.4 Å². The molecule has 1 aromatic heterocycles. The Morgan fingerprint density at radius 3 is 2.26 bits per heavy atom. The number of hydrogen-bond acceptors (Lipinski definition) is 7. The number of benzene rings is 4. The standard InChI is InChI=1S/C40H37ClN4O4S/c1-44-22-24-45(25-23-44)38(28-8-12-30(41)13-9-28)40(48)43-35-19-14-31(26-34(35)39(47)29-6-4-3-5-7-29)42-37(46)21-16-32-15-20-36(49-32)27-10-17-33(50-2)18-11-27/h3-21,26,38H,22-25H2,1-2H3,(H,42,46)(H,43,48)/b21-16+. The highest BCUT2D eigenvalue weighted by Gasteiger charge is 2.31. The smallest absolute Gasteiger partial charge is 0.248 e. The van der Waals surface area contributed by atoms with Crippen molar-refractivity contribution < 1.29 is 18.8 Å². The van der Waals surface area contributed by atoms with Crippen LogP contribution in [0, 0.1) is 0 Å². The van der Waals surface area contributed by atoms with Crippen molar-refractivity contribution in [1.29, 1.82) is 0 Å². The van der Waals surface area contributed by atoms with Gasteiger partial charge >= 0.3 is 0 Å². The van der Waals surface area contributed by atoms with Gasteiger partial charge in [0.2, 0.25) is 11.8 Å². The van der Waals surface area contributed by atoms with Gasteiger partial charge in [-0.25, -0.2) is 0 Å². The van der Waals surface area contributed by atoms with Crippen LogP contribution in [-0.4, -0.2) is 66.9 Å². The zero-order valence-electron chi connectivity index (χ0n) is 27.8. The SMILES string of the molecule is CSc1ccc(-c2ccc(/C=C/C(=O)Nc3ccc(NC(=O)C(c4ccc(Cl)cc4)N4CCN(C)CC4)c(C(=O)c4ccccc4)c3)o2)cc1. The summed E-state index contributed by atoms with van der Waals surface area (Å²) in [7, 11) is 2.06. The van der Waals surface area contributed by atoms with E-state index < -0.39 is 11.9 Å². The van der Waals surface area contributed by atoms with Crippen LogP contribution < -0.4 is 10.6 Å². The quantitative estimate of drug-likeness (QED) is 0.0815. The predicted molar refractivity (Wildman–Crippen MR) is 202 cm³/mol. The number of nitrogens with zero attached hydrogens (tertiary/aromatic N) is 2. The normalized spacial score (nSPS) is 14.4. The minimum Gasteiger partial charge on any atom is -0.457 e. The van der Waals surface area contributed by atoms with E-state index in [9.17, 15) is 14.4 Å². The van der Waals surface area contributed by atoms with Crippen LogP contribution in [0.1, 0.15) is 33.3 Å². The minimum absolute atomic E-state index is 0.253. The van der Waals surface area contributed by atoms with Crippen molar-refractivity contribution in [1.82, 2.24) is 9.80 Å². The zero-order chi connectivity index (χ0) is 35.0. The van der Waals surface area contributed by atoms with E-state index in [1.807, 2.05) is 54.8 Å². The maximum Gasteiger partial charge on any atom is 0.248 e. The largest absolute Gasteiger partial charge is 0.457 e. The van der Waals surface area contributed by atoms with Gasteiger partial charge in [-0.15, -0.1) is 11.8 Å².